The van der Waals surface area contributed by atoms with Gasteiger partial charge >= 0.3 is 0 Å². The maximum atomic E-state index is 13.6. The summed E-state index contributed by atoms with van der Waals surface area (Å²) in [7, 11) is 1.90. The lowest BCUT2D eigenvalue weighted by molar-refractivity contribution is -0.211. The van der Waals surface area contributed by atoms with Gasteiger partial charge in [-0.05, 0) is 129 Å². The summed E-state index contributed by atoms with van der Waals surface area (Å²) in [4.78, 5) is 13.3. The van der Waals surface area contributed by atoms with Gasteiger partial charge in [-0.1, -0.05) is 6.92 Å². The molecule has 11 atom stereocenters. The fourth-order valence-electron chi connectivity index (χ4n) is 11.3. The molecule has 0 bridgehead atoms. The molecule has 5 fully saturated rings. The first-order valence-corrected chi connectivity index (χ1v) is 15.4. The molecule has 212 valence electrons. The molecule has 1 heterocycles. The van der Waals surface area contributed by atoms with E-state index >= 15 is 0 Å². The van der Waals surface area contributed by atoms with Gasteiger partial charge in [-0.25, -0.2) is 4.39 Å². The van der Waals surface area contributed by atoms with Crippen LogP contribution < -0.4 is 0 Å². The van der Waals surface area contributed by atoms with Crippen LogP contribution in [-0.2, 0) is 4.74 Å². The molecule has 5 nitrogen and oxygen atoms in total. The predicted octanol–water partition coefficient (Wildman–Crippen LogP) is 6.21. The molecule has 6 heteroatoms. The molecule has 0 saturated heterocycles. The maximum absolute atomic E-state index is 13.6. The molecule has 1 spiro atoms. The van der Waals surface area contributed by atoms with E-state index < -0.39 is 0 Å². The van der Waals surface area contributed by atoms with Gasteiger partial charge in [0.2, 0.25) is 5.91 Å². The Kier molecular flexibility index (Phi) is 6.30. The number of methoxy groups -OCH3 is 1. The van der Waals surface area contributed by atoms with Crippen molar-refractivity contribution in [3.05, 3.63) is 36.3 Å². The molecule has 5 saturated carbocycles. The lowest BCUT2D eigenvalue weighted by Gasteiger charge is -2.64. The van der Waals surface area contributed by atoms with E-state index in [1.165, 1.54) is 18.6 Å². The molecule has 39 heavy (non-hydrogen) atoms. The number of benzene rings is 1. The average Bonchev–Trinajstić information content (AvgIpc) is 3.60. The molecular weight excluding hydrogens is 493 g/mol. The number of aromatic nitrogens is 1. The summed E-state index contributed by atoms with van der Waals surface area (Å²) in [6.07, 6.45) is 12.1. The topological polar surface area (TPSA) is 71.7 Å². The fourth-order valence-corrected chi connectivity index (χ4v) is 11.3. The number of nitrogens with zero attached hydrogens (tertiary/aromatic N) is 1. The van der Waals surface area contributed by atoms with Crippen LogP contribution in [0.15, 0.2) is 30.5 Å². The van der Waals surface area contributed by atoms with Crippen LogP contribution >= 0.6 is 0 Å². The second kappa shape index (κ2) is 9.39. The third kappa shape index (κ3) is 3.76. The Morgan fingerprint density at radius 1 is 1.05 bits per heavy atom. The van der Waals surface area contributed by atoms with Gasteiger partial charge in [-0.2, -0.15) is 0 Å². The van der Waals surface area contributed by atoms with Crippen molar-refractivity contribution in [1.82, 2.24) is 4.57 Å². The van der Waals surface area contributed by atoms with E-state index in [0.29, 0.717) is 41.9 Å². The van der Waals surface area contributed by atoms with Crippen molar-refractivity contribution in [3.8, 4) is 0 Å². The number of carbonyl (C=O) groups is 1. The van der Waals surface area contributed by atoms with Crippen LogP contribution in [0.25, 0.3) is 10.9 Å². The summed E-state index contributed by atoms with van der Waals surface area (Å²) in [5.41, 5.74) is 1.06. The molecule has 1 aromatic carbocycles. The number of ether oxygens (including phenoxy) is 1. The number of hydrogen-bond donors (Lipinski definition) is 2. The van der Waals surface area contributed by atoms with Gasteiger partial charge in [0.05, 0.1) is 23.8 Å². The predicted molar refractivity (Wildman–Crippen MR) is 148 cm³/mol. The Bertz CT molecular complexity index is 1260. The average molecular weight is 538 g/mol. The van der Waals surface area contributed by atoms with Crippen molar-refractivity contribution in [2.75, 3.05) is 7.11 Å². The monoisotopic (exact) mass is 537 g/mol. The quantitative estimate of drug-likeness (QED) is 0.487. The number of fused-ring (bicyclic) bond motifs is 5. The third-order valence-corrected chi connectivity index (χ3v) is 12.9. The smallest absolute Gasteiger partial charge is 0.231 e. The van der Waals surface area contributed by atoms with Gasteiger partial charge in [-0.15, -0.1) is 0 Å². The first-order chi connectivity index (χ1) is 18.8. The zero-order valence-electron chi connectivity index (χ0n) is 23.4. The van der Waals surface area contributed by atoms with Crippen molar-refractivity contribution in [3.63, 3.8) is 0 Å². The lowest BCUT2D eigenvalue weighted by atomic mass is 9.43. The standard InChI is InChI=1S/C33H44FNO4/c1-32-12-10-23(36)16-21(32)17-28(37)31-25-6-5-24-19(9-13-33(24,25)29(39-2)18-26(31)32)3-8-30(38)35-14-11-20-15-22(34)4-7-27(20)35/h4,7,11,14-15,19,21,23-26,28-29,31,36-37H,3,5-6,8-10,12-13,16-18H2,1-2H3/t19-,21-,23+,24+,25-,26-,28+,29-,31-,32-,33+/m0/s1. The summed E-state index contributed by atoms with van der Waals surface area (Å²) in [5, 5.41) is 22.8. The van der Waals surface area contributed by atoms with E-state index in [1.807, 2.05) is 13.2 Å². The lowest BCUT2D eigenvalue weighted by Crippen LogP contribution is -2.62. The number of hydrogen-bond acceptors (Lipinski definition) is 4. The number of carbonyl (C=O) groups excluding carboxylic acids is 1. The number of aliphatic hydroxyl groups excluding tert-OH is 2. The van der Waals surface area contributed by atoms with Gasteiger partial charge in [0.1, 0.15) is 5.82 Å². The molecule has 5 aliphatic rings. The fraction of sp³-hybridized carbons (Fsp3) is 0.727. The van der Waals surface area contributed by atoms with Crippen LogP contribution in [0.1, 0.15) is 82.3 Å². The minimum Gasteiger partial charge on any atom is -0.393 e. The van der Waals surface area contributed by atoms with Crippen LogP contribution in [0.3, 0.4) is 0 Å². The van der Waals surface area contributed by atoms with Crippen LogP contribution in [0, 0.1) is 52.2 Å². The molecule has 0 radical (unpaired) electrons. The minimum atomic E-state index is -0.288. The second-order valence-corrected chi connectivity index (χ2v) is 14.1. The highest BCUT2D eigenvalue weighted by Gasteiger charge is 2.69. The third-order valence-electron chi connectivity index (χ3n) is 12.9. The summed E-state index contributed by atoms with van der Waals surface area (Å²) in [6.45, 7) is 2.45. The number of aliphatic hydroxyl groups is 2. The van der Waals surface area contributed by atoms with Crippen LogP contribution in [0.4, 0.5) is 4.39 Å². The summed E-state index contributed by atoms with van der Waals surface area (Å²) in [6, 6.07) is 6.42. The van der Waals surface area contributed by atoms with Gasteiger partial charge in [0.15, 0.2) is 0 Å². The summed E-state index contributed by atoms with van der Waals surface area (Å²) in [5.74, 6) is 2.50. The van der Waals surface area contributed by atoms with E-state index in [1.54, 1.807) is 16.8 Å². The molecule has 5 aliphatic carbocycles. The Balaban J connectivity index is 1.11. The molecule has 0 unspecified atom stereocenters. The maximum Gasteiger partial charge on any atom is 0.231 e. The highest BCUT2D eigenvalue weighted by Crippen LogP contribution is 2.72. The normalized spacial score (nSPS) is 45.0. The van der Waals surface area contributed by atoms with Crippen LogP contribution in [-0.4, -0.2) is 46.1 Å². The van der Waals surface area contributed by atoms with Gasteiger partial charge < -0.3 is 14.9 Å². The van der Waals surface area contributed by atoms with Gasteiger partial charge in [0, 0.05) is 30.5 Å². The first-order valence-electron chi connectivity index (χ1n) is 15.4. The van der Waals surface area contributed by atoms with Crippen LogP contribution in [0.5, 0.6) is 0 Å². The van der Waals surface area contributed by atoms with Crippen molar-refractivity contribution in [2.24, 2.45) is 46.3 Å². The Morgan fingerprint density at radius 3 is 2.69 bits per heavy atom. The molecule has 2 N–H and O–H groups in total. The van der Waals surface area contributed by atoms with Gasteiger partial charge in [0.25, 0.3) is 0 Å². The zero-order chi connectivity index (χ0) is 27.1. The van der Waals surface area contributed by atoms with E-state index in [9.17, 15) is 19.4 Å². The second-order valence-electron chi connectivity index (χ2n) is 14.1. The Morgan fingerprint density at radius 2 is 1.87 bits per heavy atom. The van der Waals surface area contributed by atoms with E-state index in [0.717, 1.165) is 68.7 Å². The minimum absolute atomic E-state index is 0.0836. The number of rotatable bonds is 4. The Labute approximate surface area is 231 Å². The van der Waals surface area contributed by atoms with Crippen molar-refractivity contribution in [1.29, 1.82) is 0 Å². The highest BCUT2D eigenvalue weighted by molar-refractivity contribution is 5.92. The van der Waals surface area contributed by atoms with Gasteiger partial charge in [-0.3, -0.25) is 9.36 Å². The number of halogens is 1. The molecule has 0 amide bonds. The molecule has 7 rings (SSSR count). The van der Waals surface area contributed by atoms with Crippen molar-refractivity contribution in [2.45, 2.75) is 95.9 Å². The molecule has 2 aromatic rings. The van der Waals surface area contributed by atoms with E-state index in [4.69, 9.17) is 4.74 Å². The SMILES string of the molecule is CO[C@H]1C[C@H]2[C@@H]([C@H](O)C[C@@H]3C[C@H](O)CC[C@@]32C)[C@@H]2CC[C@@H]3[C@@H](CCC(=O)n4ccc5cc(F)ccc54)CC[C@@]132. The molecular formula is C33H44FNO4. The van der Waals surface area contributed by atoms with E-state index in [2.05, 4.69) is 6.92 Å². The van der Waals surface area contributed by atoms with Crippen molar-refractivity contribution >= 4 is 16.8 Å². The summed E-state index contributed by atoms with van der Waals surface area (Å²) < 4.78 is 21.7. The molecule has 1 aromatic heterocycles. The zero-order valence-corrected chi connectivity index (χ0v) is 23.4. The molecule has 0 aliphatic heterocycles. The largest absolute Gasteiger partial charge is 0.393 e. The highest BCUT2D eigenvalue weighted by atomic mass is 19.1. The first kappa shape index (κ1) is 26.2. The van der Waals surface area contributed by atoms with Crippen molar-refractivity contribution < 1.29 is 24.1 Å². The van der Waals surface area contributed by atoms with Crippen LogP contribution in [0.2, 0.25) is 0 Å². The Hall–Kier alpha value is -1.76. The summed E-state index contributed by atoms with van der Waals surface area (Å²) >= 11 is 0. The van der Waals surface area contributed by atoms with E-state index in [-0.39, 0.29) is 40.9 Å².